The number of rotatable bonds is 4. The van der Waals surface area contributed by atoms with Crippen LogP contribution in [0.2, 0.25) is 15.1 Å². The lowest BCUT2D eigenvalue weighted by atomic mass is 10.1. The minimum atomic E-state index is 0.0151. The lowest BCUT2D eigenvalue weighted by Gasteiger charge is -2.29. The van der Waals surface area contributed by atoms with E-state index in [9.17, 15) is 0 Å². The molecule has 2 unspecified atom stereocenters. The van der Waals surface area contributed by atoms with E-state index in [0.717, 1.165) is 24.3 Å². The van der Waals surface area contributed by atoms with Crippen LogP contribution < -0.4 is 0 Å². The lowest BCUT2D eigenvalue weighted by molar-refractivity contribution is 0.625. The van der Waals surface area contributed by atoms with Crippen LogP contribution in [0.3, 0.4) is 0 Å². The fourth-order valence-electron chi connectivity index (χ4n) is 2.60. The molecule has 1 aromatic heterocycles. The number of hydrogen-bond acceptors (Lipinski definition) is 3. The van der Waals surface area contributed by atoms with Gasteiger partial charge in [0.15, 0.2) is 0 Å². The Morgan fingerprint density at radius 2 is 2.05 bits per heavy atom. The van der Waals surface area contributed by atoms with Crippen LogP contribution in [0.1, 0.15) is 12.5 Å². The van der Waals surface area contributed by atoms with Gasteiger partial charge in [0.2, 0.25) is 0 Å². The molecule has 1 fully saturated rings. The van der Waals surface area contributed by atoms with Crippen molar-refractivity contribution in [3.8, 4) is 0 Å². The Balaban J connectivity index is 1.91. The minimum absolute atomic E-state index is 0.0151. The van der Waals surface area contributed by atoms with Crippen LogP contribution >= 0.6 is 58.3 Å². The van der Waals surface area contributed by atoms with Gasteiger partial charge < -0.3 is 4.57 Å². The first kappa shape index (κ1) is 16.8. The van der Waals surface area contributed by atoms with E-state index in [-0.39, 0.29) is 4.08 Å². The molecule has 0 saturated carbocycles. The molecule has 1 aliphatic rings. The molecule has 2 heterocycles. The molecule has 118 valence electrons. The third-order valence-corrected chi connectivity index (χ3v) is 8.02. The maximum atomic E-state index is 6.39. The molecule has 2 atom stereocenters. The predicted molar refractivity (Wildman–Crippen MR) is 99.6 cm³/mol. The van der Waals surface area contributed by atoms with Crippen molar-refractivity contribution in [3.05, 3.63) is 51.5 Å². The molecule has 1 aliphatic heterocycles. The molecular formula is C15H15Cl3N2S2. The van der Waals surface area contributed by atoms with Crippen molar-refractivity contribution in [1.82, 2.24) is 9.55 Å². The fraction of sp³-hybridized carbons (Fsp3) is 0.400. The van der Waals surface area contributed by atoms with E-state index in [1.165, 1.54) is 0 Å². The van der Waals surface area contributed by atoms with E-state index in [1.807, 2.05) is 42.2 Å². The van der Waals surface area contributed by atoms with Gasteiger partial charge in [-0.2, -0.15) is 0 Å². The maximum Gasteiger partial charge on any atom is 0.0946 e. The second-order valence-corrected chi connectivity index (χ2v) is 10.1. The smallest absolute Gasteiger partial charge is 0.0946 e. The van der Waals surface area contributed by atoms with E-state index in [4.69, 9.17) is 34.8 Å². The first-order chi connectivity index (χ1) is 10.5. The van der Waals surface area contributed by atoms with E-state index < -0.39 is 0 Å². The second-order valence-electron chi connectivity index (χ2n) is 5.41. The summed E-state index contributed by atoms with van der Waals surface area (Å²) >= 11 is 22.8. The van der Waals surface area contributed by atoms with Crippen LogP contribution in [0.4, 0.5) is 0 Å². The number of halogens is 3. The van der Waals surface area contributed by atoms with E-state index in [2.05, 4.69) is 16.5 Å². The molecule has 3 rings (SSSR count). The summed E-state index contributed by atoms with van der Waals surface area (Å²) in [5.41, 5.74) is 0.974. The fourth-order valence-corrected chi connectivity index (χ4v) is 7.21. The Bertz CT molecular complexity index is 640. The molecular weight excluding hydrogens is 379 g/mol. The normalized spacial score (nSPS) is 24.8. The van der Waals surface area contributed by atoms with Gasteiger partial charge in [-0.25, -0.2) is 4.98 Å². The summed E-state index contributed by atoms with van der Waals surface area (Å²) in [5, 5.41) is 2.47. The topological polar surface area (TPSA) is 17.8 Å². The van der Waals surface area contributed by atoms with Crippen LogP contribution in [0.15, 0.2) is 30.9 Å². The highest BCUT2D eigenvalue weighted by molar-refractivity contribution is 8.21. The summed E-state index contributed by atoms with van der Waals surface area (Å²) in [6.45, 7) is 3.14. The molecule has 0 bridgehead atoms. The summed E-state index contributed by atoms with van der Waals surface area (Å²) in [5.74, 6) is 1.13. The number of hydrogen-bond donors (Lipinski definition) is 0. The largest absolute Gasteiger partial charge is 0.335 e. The summed E-state index contributed by atoms with van der Waals surface area (Å²) in [7, 11) is 0. The van der Waals surface area contributed by atoms with Crippen molar-refractivity contribution in [1.29, 1.82) is 0 Å². The van der Waals surface area contributed by atoms with Crippen LogP contribution in [0.5, 0.6) is 0 Å². The van der Waals surface area contributed by atoms with Gasteiger partial charge in [0.25, 0.3) is 0 Å². The average Bonchev–Trinajstić information content (AvgIpc) is 3.05. The van der Waals surface area contributed by atoms with Gasteiger partial charge in [-0.15, -0.1) is 23.5 Å². The number of imidazole rings is 1. The van der Waals surface area contributed by atoms with Gasteiger partial charge >= 0.3 is 0 Å². The highest BCUT2D eigenvalue weighted by Gasteiger charge is 2.40. The maximum absolute atomic E-state index is 6.39. The molecule has 0 aliphatic carbocycles. The third kappa shape index (κ3) is 3.73. The molecule has 0 radical (unpaired) electrons. The monoisotopic (exact) mass is 392 g/mol. The van der Waals surface area contributed by atoms with E-state index in [1.54, 1.807) is 12.1 Å². The SMILES string of the molecule is CC1CSC(Cc2c(Cl)cc(Cl)cc2Cl)(Cn2ccnc2)S1. The second kappa shape index (κ2) is 6.86. The molecule has 1 aromatic carbocycles. The highest BCUT2D eigenvalue weighted by atomic mass is 35.5. The first-order valence-corrected chi connectivity index (χ1v) is 9.88. The zero-order valence-corrected chi connectivity index (χ0v) is 15.8. The van der Waals surface area contributed by atoms with E-state index >= 15 is 0 Å². The zero-order chi connectivity index (χ0) is 15.7. The minimum Gasteiger partial charge on any atom is -0.335 e. The number of nitrogens with zero attached hydrogens (tertiary/aromatic N) is 2. The number of aromatic nitrogens is 2. The van der Waals surface area contributed by atoms with Gasteiger partial charge in [-0.1, -0.05) is 41.7 Å². The molecule has 0 amide bonds. The quantitative estimate of drug-likeness (QED) is 0.668. The highest BCUT2D eigenvalue weighted by Crippen LogP contribution is 2.52. The van der Waals surface area contributed by atoms with Crippen LogP contribution in [0, 0.1) is 0 Å². The van der Waals surface area contributed by atoms with Gasteiger partial charge in [-0.3, -0.25) is 0 Å². The van der Waals surface area contributed by atoms with Crippen LogP contribution in [-0.4, -0.2) is 24.6 Å². The van der Waals surface area contributed by atoms with Crippen LogP contribution in [0.25, 0.3) is 0 Å². The van der Waals surface area contributed by atoms with Gasteiger partial charge in [0, 0.05) is 51.4 Å². The lowest BCUT2D eigenvalue weighted by Crippen LogP contribution is -2.27. The Morgan fingerprint density at radius 1 is 1.32 bits per heavy atom. The van der Waals surface area contributed by atoms with Crippen molar-refractivity contribution < 1.29 is 0 Å². The van der Waals surface area contributed by atoms with Gasteiger partial charge in [-0.05, 0) is 17.7 Å². The molecule has 7 heteroatoms. The number of thioether (sulfide) groups is 2. The molecule has 2 nitrogen and oxygen atoms in total. The predicted octanol–water partition coefficient (Wildman–Crippen LogP) is 5.65. The summed E-state index contributed by atoms with van der Waals surface area (Å²) < 4.78 is 2.14. The van der Waals surface area contributed by atoms with Crippen molar-refractivity contribution in [2.24, 2.45) is 0 Å². The summed E-state index contributed by atoms with van der Waals surface area (Å²) in [6.07, 6.45) is 6.47. The average molecular weight is 394 g/mol. The van der Waals surface area contributed by atoms with Gasteiger partial charge in [0.05, 0.1) is 10.4 Å². The number of benzene rings is 1. The zero-order valence-electron chi connectivity index (χ0n) is 11.9. The Morgan fingerprint density at radius 3 is 2.59 bits per heavy atom. The van der Waals surface area contributed by atoms with Crippen molar-refractivity contribution in [2.45, 2.75) is 29.2 Å². The van der Waals surface area contributed by atoms with Gasteiger partial charge in [0.1, 0.15) is 0 Å². The molecule has 1 saturated heterocycles. The molecule has 2 aromatic rings. The molecule has 22 heavy (non-hydrogen) atoms. The molecule has 0 N–H and O–H groups in total. The van der Waals surface area contributed by atoms with Crippen molar-refractivity contribution in [3.63, 3.8) is 0 Å². The standard InChI is InChI=1S/C15H15Cl3N2S2/c1-10-7-21-15(22-10,8-20-3-2-19-9-20)6-12-13(17)4-11(16)5-14(12)18/h2-5,9-10H,6-8H2,1H3. The first-order valence-electron chi connectivity index (χ1n) is 6.88. The summed E-state index contributed by atoms with van der Waals surface area (Å²) in [6, 6.07) is 3.53. The van der Waals surface area contributed by atoms with Crippen LogP contribution in [-0.2, 0) is 13.0 Å². The Kier molecular flexibility index (Phi) is 5.25. The third-order valence-electron chi connectivity index (χ3n) is 3.53. The van der Waals surface area contributed by atoms with Crippen molar-refractivity contribution in [2.75, 3.05) is 5.75 Å². The Hall–Kier alpha value is -0.000000000000000167. The van der Waals surface area contributed by atoms with E-state index in [0.29, 0.717) is 20.3 Å². The summed E-state index contributed by atoms with van der Waals surface area (Å²) in [4.78, 5) is 4.14. The molecule has 0 spiro atoms. The Labute approximate surface area is 153 Å². The van der Waals surface area contributed by atoms with Crippen molar-refractivity contribution >= 4 is 58.3 Å².